The van der Waals surface area contributed by atoms with Gasteiger partial charge in [-0.3, -0.25) is 4.79 Å². The smallest absolute Gasteiger partial charge is 0.345 e. The predicted molar refractivity (Wildman–Crippen MR) is 153 cm³/mol. The van der Waals surface area contributed by atoms with Crippen molar-refractivity contribution in [2.75, 3.05) is 13.2 Å². The number of rotatable bonds is 11. The van der Waals surface area contributed by atoms with Crippen LogP contribution in [0.1, 0.15) is 35.7 Å². The van der Waals surface area contributed by atoms with Crippen molar-refractivity contribution in [3.05, 3.63) is 100 Å². The third kappa shape index (κ3) is 7.72. The summed E-state index contributed by atoms with van der Waals surface area (Å²) in [4.78, 5) is 25.2. The lowest BCUT2D eigenvalue weighted by atomic mass is 10.0. The first-order valence-electron chi connectivity index (χ1n) is 12.3. The Morgan fingerprint density at radius 2 is 1.67 bits per heavy atom. The molecular formula is C30H26Cl2N2O5. The van der Waals surface area contributed by atoms with Gasteiger partial charge in [0.25, 0.3) is 5.91 Å². The van der Waals surface area contributed by atoms with E-state index in [9.17, 15) is 9.59 Å². The van der Waals surface area contributed by atoms with Gasteiger partial charge in [0.05, 0.1) is 23.4 Å². The molecule has 4 rings (SSSR count). The van der Waals surface area contributed by atoms with E-state index in [1.165, 1.54) is 18.3 Å². The van der Waals surface area contributed by atoms with Gasteiger partial charge in [0.2, 0.25) is 0 Å². The number of benzene rings is 4. The second-order valence-electron chi connectivity index (χ2n) is 8.47. The molecule has 0 aromatic heterocycles. The number of hydrazone groups is 1. The first-order valence-corrected chi connectivity index (χ1v) is 13.1. The maximum atomic E-state index is 12.8. The third-order valence-electron chi connectivity index (χ3n) is 5.63. The number of ether oxygens (including phenoxy) is 3. The van der Waals surface area contributed by atoms with Crippen LogP contribution in [0, 0.1) is 0 Å². The van der Waals surface area contributed by atoms with Crippen LogP contribution in [0.4, 0.5) is 0 Å². The second-order valence-corrected chi connectivity index (χ2v) is 9.31. The molecule has 0 fully saturated rings. The Bertz CT molecular complexity index is 1490. The molecule has 0 aliphatic heterocycles. The molecule has 7 nitrogen and oxygen atoms in total. The molecule has 0 heterocycles. The second kappa shape index (κ2) is 13.6. The van der Waals surface area contributed by atoms with Crippen LogP contribution in [0.25, 0.3) is 10.8 Å². The molecule has 0 spiro atoms. The van der Waals surface area contributed by atoms with Crippen LogP contribution in [-0.2, 0) is 4.79 Å². The molecule has 9 heteroatoms. The fraction of sp³-hybridized carbons (Fsp3) is 0.167. The summed E-state index contributed by atoms with van der Waals surface area (Å²) in [7, 11) is 0. The lowest BCUT2D eigenvalue weighted by Gasteiger charge is -2.11. The summed E-state index contributed by atoms with van der Waals surface area (Å²) >= 11 is 12.1. The lowest BCUT2D eigenvalue weighted by Crippen LogP contribution is -2.24. The minimum atomic E-state index is -0.652. The summed E-state index contributed by atoms with van der Waals surface area (Å²) in [6.07, 6.45) is 3.47. The highest BCUT2D eigenvalue weighted by molar-refractivity contribution is 6.36. The zero-order chi connectivity index (χ0) is 27.6. The van der Waals surface area contributed by atoms with Crippen LogP contribution in [0.2, 0.25) is 10.0 Å². The van der Waals surface area contributed by atoms with Crippen LogP contribution in [0.3, 0.4) is 0 Å². The molecule has 0 unspecified atom stereocenters. The zero-order valence-electron chi connectivity index (χ0n) is 21.2. The van der Waals surface area contributed by atoms with E-state index < -0.39 is 11.9 Å². The van der Waals surface area contributed by atoms with Crippen molar-refractivity contribution in [2.24, 2.45) is 5.10 Å². The minimum absolute atomic E-state index is 0.170. The number of hydrogen-bond donors (Lipinski definition) is 1. The summed E-state index contributed by atoms with van der Waals surface area (Å²) in [5, 5.41) is 6.33. The van der Waals surface area contributed by atoms with Gasteiger partial charge in [-0.15, -0.1) is 0 Å². The van der Waals surface area contributed by atoms with Crippen molar-refractivity contribution in [3.63, 3.8) is 0 Å². The molecular weight excluding hydrogens is 539 g/mol. The van der Waals surface area contributed by atoms with E-state index in [2.05, 4.69) is 17.5 Å². The predicted octanol–water partition coefficient (Wildman–Crippen LogP) is 7.07. The number of carbonyl (C=O) groups excluding carboxylic acids is 2. The monoisotopic (exact) mass is 564 g/mol. The molecule has 0 aliphatic carbocycles. The Hall–Kier alpha value is -4.07. The molecule has 200 valence electrons. The molecule has 0 aliphatic rings. The number of nitrogens with one attached hydrogen (secondary N) is 1. The maximum absolute atomic E-state index is 12.8. The molecule has 4 aromatic carbocycles. The molecule has 0 radical (unpaired) electrons. The number of amides is 1. The minimum Gasteiger partial charge on any atom is -0.494 e. The van der Waals surface area contributed by atoms with Gasteiger partial charge in [0.15, 0.2) is 6.61 Å². The first-order chi connectivity index (χ1) is 18.9. The van der Waals surface area contributed by atoms with Crippen LogP contribution in [-0.4, -0.2) is 31.3 Å². The maximum Gasteiger partial charge on any atom is 0.345 e. The van der Waals surface area contributed by atoms with Gasteiger partial charge in [-0.05, 0) is 65.7 Å². The SMILES string of the molecule is CCCCOc1ccc(OCC(=O)N/N=C\c2c(OC(=O)c3ccc(Cl)cc3Cl)ccc3ccccc23)cc1. The summed E-state index contributed by atoms with van der Waals surface area (Å²) in [6, 6.07) is 22.6. The number of fused-ring (bicyclic) bond motifs is 1. The van der Waals surface area contributed by atoms with Gasteiger partial charge in [-0.25, -0.2) is 10.2 Å². The Morgan fingerprint density at radius 1 is 0.923 bits per heavy atom. The Kier molecular flexibility index (Phi) is 9.78. The molecule has 39 heavy (non-hydrogen) atoms. The lowest BCUT2D eigenvalue weighted by molar-refractivity contribution is -0.123. The van der Waals surface area contributed by atoms with Crippen molar-refractivity contribution in [3.8, 4) is 17.2 Å². The van der Waals surface area contributed by atoms with Crippen LogP contribution in [0.5, 0.6) is 17.2 Å². The van der Waals surface area contributed by atoms with Crippen LogP contribution >= 0.6 is 23.2 Å². The highest BCUT2D eigenvalue weighted by Crippen LogP contribution is 2.29. The summed E-state index contributed by atoms with van der Waals surface area (Å²) in [5.74, 6) is 0.415. The van der Waals surface area contributed by atoms with E-state index in [1.54, 1.807) is 36.4 Å². The molecule has 0 saturated carbocycles. The molecule has 0 bridgehead atoms. The number of carbonyl (C=O) groups is 2. The fourth-order valence-corrected chi connectivity index (χ4v) is 4.11. The number of esters is 1. The van der Waals surface area contributed by atoms with Crippen LogP contribution in [0.15, 0.2) is 84.0 Å². The van der Waals surface area contributed by atoms with Gasteiger partial charge < -0.3 is 14.2 Å². The highest BCUT2D eigenvalue weighted by atomic mass is 35.5. The van der Waals surface area contributed by atoms with E-state index in [1.807, 2.05) is 30.3 Å². The number of unbranched alkanes of at least 4 members (excludes halogenated alkanes) is 1. The van der Waals surface area contributed by atoms with E-state index in [4.69, 9.17) is 37.4 Å². The largest absolute Gasteiger partial charge is 0.494 e. The topological polar surface area (TPSA) is 86.2 Å². The third-order valence-corrected chi connectivity index (χ3v) is 6.18. The molecule has 4 aromatic rings. The van der Waals surface area contributed by atoms with Gasteiger partial charge in [-0.1, -0.05) is 66.9 Å². The number of hydrogen-bond acceptors (Lipinski definition) is 6. The Labute approximate surface area is 236 Å². The van der Waals surface area contributed by atoms with Crippen molar-refractivity contribution in [1.29, 1.82) is 0 Å². The summed E-state index contributed by atoms with van der Waals surface area (Å²) in [5.41, 5.74) is 3.12. The fourth-order valence-electron chi connectivity index (χ4n) is 3.62. The first kappa shape index (κ1) is 28.0. The quantitative estimate of drug-likeness (QED) is 0.0691. The average molecular weight is 565 g/mol. The van der Waals surface area contributed by atoms with Gasteiger partial charge in [0.1, 0.15) is 17.2 Å². The Balaban J connectivity index is 1.42. The molecule has 0 atom stereocenters. The normalized spacial score (nSPS) is 10.9. The van der Waals surface area contributed by atoms with Crippen LogP contribution < -0.4 is 19.6 Å². The molecule has 1 N–H and O–H groups in total. The van der Waals surface area contributed by atoms with E-state index in [0.29, 0.717) is 22.9 Å². The summed E-state index contributed by atoms with van der Waals surface area (Å²) in [6.45, 7) is 2.52. The van der Waals surface area contributed by atoms with E-state index in [0.717, 1.165) is 29.4 Å². The van der Waals surface area contributed by atoms with E-state index in [-0.39, 0.29) is 22.9 Å². The molecule has 1 amide bonds. The van der Waals surface area contributed by atoms with E-state index >= 15 is 0 Å². The van der Waals surface area contributed by atoms with Gasteiger partial charge >= 0.3 is 5.97 Å². The van der Waals surface area contributed by atoms with Gasteiger partial charge in [0, 0.05) is 10.6 Å². The van der Waals surface area contributed by atoms with Crippen molar-refractivity contribution < 1.29 is 23.8 Å². The zero-order valence-corrected chi connectivity index (χ0v) is 22.7. The Morgan fingerprint density at radius 3 is 2.41 bits per heavy atom. The van der Waals surface area contributed by atoms with Crippen molar-refractivity contribution >= 4 is 52.1 Å². The molecule has 0 saturated heterocycles. The standard InChI is InChI=1S/C30H26Cl2N2O5/c1-2-3-16-37-22-10-12-23(13-11-22)38-19-29(35)34-33-18-26-24-7-5-4-6-20(24)8-15-28(26)39-30(36)25-14-9-21(31)17-27(25)32/h4-15,17-18H,2-3,16,19H2,1H3,(H,34,35)/b33-18-. The number of nitrogens with zero attached hydrogens (tertiary/aromatic N) is 1. The van der Waals surface area contributed by atoms with Crippen molar-refractivity contribution in [2.45, 2.75) is 19.8 Å². The number of halogens is 2. The highest BCUT2D eigenvalue weighted by Gasteiger charge is 2.16. The summed E-state index contributed by atoms with van der Waals surface area (Å²) < 4.78 is 16.8. The average Bonchev–Trinajstić information content (AvgIpc) is 2.93. The van der Waals surface area contributed by atoms with Gasteiger partial charge in [-0.2, -0.15) is 5.10 Å². The van der Waals surface area contributed by atoms with Crippen molar-refractivity contribution in [1.82, 2.24) is 5.43 Å².